The van der Waals surface area contributed by atoms with Gasteiger partial charge in [-0.15, -0.1) is 0 Å². The smallest absolute Gasteiger partial charge is 0.305 e. The van der Waals surface area contributed by atoms with Gasteiger partial charge in [0.2, 0.25) is 0 Å². The standard InChI is InChI=1S/C15H29NO3/c1-3-14-13(9-11-19-14)12-16-10-7-5-6-8-15(17)18-4-2/h13-14,16H,3-12H2,1-2H3. The van der Waals surface area contributed by atoms with Crippen molar-refractivity contribution in [3.05, 3.63) is 0 Å². The number of rotatable bonds is 10. The zero-order chi connectivity index (χ0) is 13.9. The fourth-order valence-corrected chi connectivity index (χ4v) is 2.59. The molecule has 0 amide bonds. The number of unbranched alkanes of at least 4 members (excludes halogenated alkanes) is 2. The summed E-state index contributed by atoms with van der Waals surface area (Å²) in [6.07, 6.45) is 6.47. The molecule has 0 aromatic carbocycles. The summed E-state index contributed by atoms with van der Waals surface area (Å²) in [5, 5.41) is 3.51. The second-order valence-corrected chi connectivity index (χ2v) is 5.19. The zero-order valence-electron chi connectivity index (χ0n) is 12.5. The molecule has 4 nitrogen and oxygen atoms in total. The van der Waals surface area contributed by atoms with Crippen LogP contribution < -0.4 is 5.32 Å². The van der Waals surface area contributed by atoms with Crippen LogP contribution in [0.3, 0.4) is 0 Å². The van der Waals surface area contributed by atoms with E-state index in [1.807, 2.05) is 6.92 Å². The third kappa shape index (κ3) is 6.92. The monoisotopic (exact) mass is 271 g/mol. The molecule has 19 heavy (non-hydrogen) atoms. The number of hydrogen-bond donors (Lipinski definition) is 1. The van der Waals surface area contributed by atoms with Crippen LogP contribution >= 0.6 is 0 Å². The molecule has 0 saturated carbocycles. The number of esters is 1. The third-order valence-corrected chi connectivity index (χ3v) is 3.70. The fourth-order valence-electron chi connectivity index (χ4n) is 2.59. The fraction of sp³-hybridized carbons (Fsp3) is 0.933. The van der Waals surface area contributed by atoms with E-state index in [0.717, 1.165) is 45.4 Å². The van der Waals surface area contributed by atoms with Crippen molar-refractivity contribution < 1.29 is 14.3 Å². The van der Waals surface area contributed by atoms with E-state index < -0.39 is 0 Å². The minimum absolute atomic E-state index is 0.0654. The first-order valence-corrected chi connectivity index (χ1v) is 7.75. The molecule has 0 bridgehead atoms. The Hall–Kier alpha value is -0.610. The molecule has 1 aliphatic heterocycles. The Kier molecular flexibility index (Phi) is 8.84. The van der Waals surface area contributed by atoms with E-state index in [2.05, 4.69) is 12.2 Å². The Balaban J connectivity index is 1.90. The average molecular weight is 271 g/mol. The number of nitrogens with one attached hydrogen (secondary N) is 1. The summed E-state index contributed by atoms with van der Waals surface area (Å²) < 4.78 is 10.6. The average Bonchev–Trinajstić information content (AvgIpc) is 2.85. The van der Waals surface area contributed by atoms with Gasteiger partial charge in [-0.25, -0.2) is 0 Å². The van der Waals surface area contributed by atoms with Crippen molar-refractivity contribution in [2.45, 2.75) is 58.5 Å². The van der Waals surface area contributed by atoms with E-state index in [9.17, 15) is 4.79 Å². The maximum atomic E-state index is 11.1. The normalized spacial score (nSPS) is 22.6. The topological polar surface area (TPSA) is 47.6 Å². The second-order valence-electron chi connectivity index (χ2n) is 5.19. The van der Waals surface area contributed by atoms with Gasteiger partial charge in [0, 0.05) is 19.6 Å². The first-order valence-electron chi connectivity index (χ1n) is 7.75. The molecule has 4 heteroatoms. The Labute approximate surface area is 117 Å². The van der Waals surface area contributed by atoms with Crippen LogP contribution in [-0.4, -0.2) is 38.4 Å². The van der Waals surface area contributed by atoms with Crippen molar-refractivity contribution in [2.24, 2.45) is 5.92 Å². The van der Waals surface area contributed by atoms with Crippen LogP contribution in [0.4, 0.5) is 0 Å². The number of carbonyl (C=O) groups is 1. The van der Waals surface area contributed by atoms with Crippen LogP contribution in [0.5, 0.6) is 0 Å². The summed E-state index contributed by atoms with van der Waals surface area (Å²) in [7, 11) is 0. The Morgan fingerprint density at radius 2 is 2.16 bits per heavy atom. The highest BCUT2D eigenvalue weighted by atomic mass is 16.5. The first kappa shape index (κ1) is 16.4. The van der Waals surface area contributed by atoms with E-state index in [-0.39, 0.29) is 5.97 Å². The van der Waals surface area contributed by atoms with Gasteiger partial charge in [-0.1, -0.05) is 13.3 Å². The molecular weight excluding hydrogens is 242 g/mol. The summed E-state index contributed by atoms with van der Waals surface area (Å²) >= 11 is 0. The highest BCUT2D eigenvalue weighted by molar-refractivity contribution is 5.69. The lowest BCUT2D eigenvalue weighted by atomic mass is 10.00. The number of carbonyl (C=O) groups excluding carboxylic acids is 1. The predicted molar refractivity (Wildman–Crippen MR) is 76.1 cm³/mol. The molecule has 1 heterocycles. The molecule has 1 fully saturated rings. The maximum Gasteiger partial charge on any atom is 0.305 e. The van der Waals surface area contributed by atoms with Gasteiger partial charge in [0.15, 0.2) is 0 Å². The van der Waals surface area contributed by atoms with Crippen LogP contribution in [0.2, 0.25) is 0 Å². The minimum Gasteiger partial charge on any atom is -0.466 e. The summed E-state index contributed by atoms with van der Waals surface area (Å²) in [4.78, 5) is 11.1. The third-order valence-electron chi connectivity index (χ3n) is 3.70. The summed E-state index contributed by atoms with van der Waals surface area (Å²) in [5.41, 5.74) is 0. The van der Waals surface area contributed by atoms with Gasteiger partial charge < -0.3 is 14.8 Å². The Morgan fingerprint density at radius 1 is 1.32 bits per heavy atom. The summed E-state index contributed by atoms with van der Waals surface area (Å²) in [6, 6.07) is 0. The Morgan fingerprint density at radius 3 is 2.89 bits per heavy atom. The molecule has 0 spiro atoms. The predicted octanol–water partition coefficient (Wildman–Crippen LogP) is 2.51. The summed E-state index contributed by atoms with van der Waals surface area (Å²) in [6.45, 7) is 7.55. The molecule has 0 aliphatic carbocycles. The van der Waals surface area contributed by atoms with Crippen LogP contribution in [0.1, 0.15) is 52.4 Å². The van der Waals surface area contributed by atoms with Crippen molar-refractivity contribution >= 4 is 5.97 Å². The van der Waals surface area contributed by atoms with Crippen molar-refractivity contribution in [1.29, 1.82) is 0 Å². The molecule has 2 atom stereocenters. The molecule has 0 aromatic rings. The minimum atomic E-state index is -0.0654. The van der Waals surface area contributed by atoms with Crippen LogP contribution in [0.15, 0.2) is 0 Å². The van der Waals surface area contributed by atoms with Crippen LogP contribution in [0.25, 0.3) is 0 Å². The Bertz CT molecular complexity index is 246. The lowest BCUT2D eigenvalue weighted by Crippen LogP contribution is -2.28. The maximum absolute atomic E-state index is 11.1. The van der Waals surface area contributed by atoms with E-state index in [0.29, 0.717) is 25.0 Å². The van der Waals surface area contributed by atoms with Gasteiger partial charge in [0.1, 0.15) is 0 Å². The molecule has 0 aromatic heterocycles. The first-order chi connectivity index (χ1) is 9.27. The molecule has 1 N–H and O–H groups in total. The van der Waals surface area contributed by atoms with Crippen molar-refractivity contribution in [3.8, 4) is 0 Å². The lowest BCUT2D eigenvalue weighted by Gasteiger charge is -2.17. The van der Waals surface area contributed by atoms with Crippen LogP contribution in [0, 0.1) is 5.92 Å². The van der Waals surface area contributed by atoms with Crippen molar-refractivity contribution in [2.75, 3.05) is 26.3 Å². The van der Waals surface area contributed by atoms with Gasteiger partial charge >= 0.3 is 5.97 Å². The van der Waals surface area contributed by atoms with E-state index in [1.54, 1.807) is 0 Å². The van der Waals surface area contributed by atoms with Gasteiger partial charge in [-0.2, -0.15) is 0 Å². The second kappa shape index (κ2) is 10.2. The quantitative estimate of drug-likeness (QED) is 0.490. The molecule has 1 rings (SSSR count). The zero-order valence-corrected chi connectivity index (χ0v) is 12.5. The van der Waals surface area contributed by atoms with Gasteiger partial charge in [-0.3, -0.25) is 4.79 Å². The van der Waals surface area contributed by atoms with Crippen molar-refractivity contribution in [1.82, 2.24) is 5.32 Å². The molecule has 2 unspecified atom stereocenters. The van der Waals surface area contributed by atoms with E-state index >= 15 is 0 Å². The number of ether oxygens (including phenoxy) is 2. The SMILES string of the molecule is CCOC(=O)CCCCCNCC1CCOC1CC. The highest BCUT2D eigenvalue weighted by Gasteiger charge is 2.25. The molecule has 1 aliphatic rings. The molecule has 0 radical (unpaired) electrons. The van der Waals surface area contributed by atoms with Gasteiger partial charge in [-0.05, 0) is 45.1 Å². The van der Waals surface area contributed by atoms with E-state index in [1.165, 1.54) is 6.42 Å². The molecular formula is C15H29NO3. The van der Waals surface area contributed by atoms with E-state index in [4.69, 9.17) is 9.47 Å². The highest BCUT2D eigenvalue weighted by Crippen LogP contribution is 2.22. The van der Waals surface area contributed by atoms with Gasteiger partial charge in [0.25, 0.3) is 0 Å². The van der Waals surface area contributed by atoms with Crippen molar-refractivity contribution in [3.63, 3.8) is 0 Å². The number of hydrogen-bond acceptors (Lipinski definition) is 4. The molecule has 112 valence electrons. The lowest BCUT2D eigenvalue weighted by molar-refractivity contribution is -0.143. The van der Waals surface area contributed by atoms with Gasteiger partial charge in [0.05, 0.1) is 12.7 Å². The molecule has 1 saturated heterocycles. The van der Waals surface area contributed by atoms with Crippen LogP contribution in [-0.2, 0) is 14.3 Å². The largest absolute Gasteiger partial charge is 0.466 e. The summed E-state index contributed by atoms with van der Waals surface area (Å²) in [5.74, 6) is 0.619.